The van der Waals surface area contributed by atoms with Crippen molar-refractivity contribution < 1.29 is 32.4 Å². The number of rotatable bonds is 11. The van der Waals surface area contributed by atoms with Gasteiger partial charge in [-0.2, -0.15) is 0 Å². The first-order valence-electron chi connectivity index (χ1n) is 10.9. The predicted molar refractivity (Wildman–Crippen MR) is 110 cm³/mol. The van der Waals surface area contributed by atoms with E-state index in [4.69, 9.17) is 3.07 Å². The van der Waals surface area contributed by atoms with E-state index in [9.17, 15) is 4.79 Å². The zero-order valence-electron chi connectivity index (χ0n) is 17.6. The van der Waals surface area contributed by atoms with Crippen molar-refractivity contribution >= 4 is 27.8 Å². The number of piperidine rings is 1. The third kappa shape index (κ3) is 8.29. The van der Waals surface area contributed by atoms with E-state index in [-0.39, 0.29) is 5.97 Å². The van der Waals surface area contributed by atoms with Crippen molar-refractivity contribution in [2.75, 3.05) is 19.6 Å². The summed E-state index contributed by atoms with van der Waals surface area (Å²) >= 11 is -3.89. The van der Waals surface area contributed by atoms with Crippen LogP contribution in [0.2, 0.25) is 16.7 Å². The molecule has 1 fully saturated rings. The van der Waals surface area contributed by atoms with Gasteiger partial charge in [0.2, 0.25) is 0 Å². The molecule has 1 aliphatic rings. The van der Waals surface area contributed by atoms with Crippen LogP contribution >= 0.6 is 0 Å². The first kappa shape index (κ1) is 23.6. The number of hydrogen-bond donors (Lipinski definition) is 0. The van der Waals surface area contributed by atoms with Gasteiger partial charge in [-0.1, -0.05) is 0 Å². The second-order valence-electron chi connectivity index (χ2n) is 8.22. The van der Waals surface area contributed by atoms with Gasteiger partial charge in [0.25, 0.3) is 0 Å². The van der Waals surface area contributed by atoms with Crippen LogP contribution in [-0.2, 0) is 32.4 Å². The van der Waals surface area contributed by atoms with Crippen LogP contribution in [0.5, 0.6) is 0 Å². The summed E-state index contributed by atoms with van der Waals surface area (Å²) in [6, 6.07) is 4.32. The van der Waals surface area contributed by atoms with Gasteiger partial charge in [0.05, 0.1) is 0 Å². The molecule has 1 atom stereocenters. The van der Waals surface area contributed by atoms with E-state index in [1.54, 1.807) is 0 Å². The molecule has 4 nitrogen and oxygen atoms in total. The number of likely N-dealkylation sites (tertiary alicyclic amines) is 1. The second-order valence-corrected chi connectivity index (χ2v) is 29.1. The maximum absolute atomic E-state index is 12.8. The van der Waals surface area contributed by atoms with E-state index in [1.165, 1.54) is 29.2 Å². The monoisotopic (exact) mass is 670 g/mol. The molecule has 148 valence electrons. The van der Waals surface area contributed by atoms with Crippen LogP contribution in [0.4, 0.5) is 0 Å². The molecule has 0 aliphatic carbocycles. The minimum absolute atomic E-state index is 0.0832. The summed E-state index contributed by atoms with van der Waals surface area (Å²) < 4.78 is 12.3. The van der Waals surface area contributed by atoms with Crippen molar-refractivity contribution in [2.24, 2.45) is 0 Å². The molecule has 27 heavy (non-hydrogen) atoms. The molecule has 1 aliphatic heterocycles. The molecular weight excluding hydrogens is 632 g/mol. The average Bonchev–Trinajstić information content (AvgIpc) is 2.63. The predicted octanol–water partition coefficient (Wildman–Crippen LogP) is 4.39. The minimum atomic E-state index is -2.74. The average molecular weight is 668 g/mol. The van der Waals surface area contributed by atoms with Crippen molar-refractivity contribution in [3.63, 3.8) is 0 Å². The Morgan fingerprint density at radius 1 is 1.26 bits per heavy atom. The topological polar surface area (TPSA) is 42.4 Å². The SMILES string of the molecule is CC[CH2][Sn]([CH2]CC)([CH2]CC)[O]C(=O)CN1CCC[CH]([Hg][c]2cccnc2)C1. The molecule has 2 heterocycles. The molecule has 0 spiro atoms. The number of carbonyl (C=O) groups is 1. The molecule has 0 N–H and O–H groups in total. The van der Waals surface area contributed by atoms with Crippen molar-refractivity contribution in [3.05, 3.63) is 24.5 Å². The molecule has 1 unspecified atom stereocenters. The molecule has 0 aromatic carbocycles. The summed E-state index contributed by atoms with van der Waals surface area (Å²) in [5.41, 5.74) is 0. The van der Waals surface area contributed by atoms with Gasteiger partial charge in [0.1, 0.15) is 0 Å². The summed E-state index contributed by atoms with van der Waals surface area (Å²) in [5, 5.41) is 0. The molecule has 6 heteroatoms. The van der Waals surface area contributed by atoms with Gasteiger partial charge in [-0.15, -0.1) is 0 Å². The second kappa shape index (κ2) is 12.8. The Kier molecular flexibility index (Phi) is 11.2. The maximum atomic E-state index is 12.8. The van der Waals surface area contributed by atoms with Crippen molar-refractivity contribution in [1.82, 2.24) is 9.88 Å². The number of aromatic nitrogens is 1. The zero-order chi connectivity index (χ0) is 19.5. The van der Waals surface area contributed by atoms with Crippen molar-refractivity contribution in [2.45, 2.75) is 69.6 Å². The van der Waals surface area contributed by atoms with E-state index in [0.29, 0.717) is 6.54 Å². The molecule has 1 saturated heterocycles. The van der Waals surface area contributed by atoms with E-state index in [0.717, 1.165) is 35.8 Å². The van der Waals surface area contributed by atoms with Crippen LogP contribution in [0, 0.1) is 0 Å². The summed E-state index contributed by atoms with van der Waals surface area (Å²) in [6.07, 6.45) is 9.98. The van der Waals surface area contributed by atoms with Crippen molar-refractivity contribution in [3.8, 4) is 0 Å². The van der Waals surface area contributed by atoms with Crippen LogP contribution in [0.1, 0.15) is 52.9 Å². The molecular formula is C21H36HgN2O2Sn. The molecule has 0 radical (unpaired) electrons. The standard InChI is InChI=1S/C7H12NO2.C5H4N.3C3H7.Hg.Sn/c9-7(10)6-8-4-2-1-3-5-8;1-2-4-6-5-3-1;3*1-3-2;;/h2H,1,3-6H2,(H,9,10);1-2,4-5H;3*1,3H2,2H3;;/q;;;;;;+1/p-1. The quantitative estimate of drug-likeness (QED) is 0.329. The molecule has 0 saturated carbocycles. The molecule has 0 bridgehead atoms. The summed E-state index contributed by atoms with van der Waals surface area (Å²) in [6.45, 7) is 9.41. The van der Waals surface area contributed by atoms with Crippen molar-refractivity contribution in [1.29, 1.82) is 0 Å². The Morgan fingerprint density at radius 3 is 2.56 bits per heavy atom. The fourth-order valence-corrected chi connectivity index (χ4v) is 25.4. The molecule has 1 aromatic rings. The first-order valence-corrected chi connectivity index (χ1v) is 24.1. The van der Waals surface area contributed by atoms with Gasteiger partial charge in [-0.05, 0) is 0 Å². The van der Waals surface area contributed by atoms with Crippen LogP contribution in [0.25, 0.3) is 0 Å². The fourth-order valence-electron chi connectivity index (χ4n) is 4.66. The zero-order valence-corrected chi connectivity index (χ0v) is 25.9. The Hall–Kier alpha value is 0.314. The molecule has 0 amide bonds. The molecule has 1 aromatic heterocycles. The first-order chi connectivity index (χ1) is 13.1. The van der Waals surface area contributed by atoms with Crippen LogP contribution in [-0.4, -0.2) is 54.3 Å². The van der Waals surface area contributed by atoms with Gasteiger partial charge in [-0.25, -0.2) is 0 Å². The van der Waals surface area contributed by atoms with Gasteiger partial charge in [0.15, 0.2) is 0 Å². The number of pyridine rings is 1. The summed E-state index contributed by atoms with van der Waals surface area (Å²) in [4.78, 5) is 19.5. The van der Waals surface area contributed by atoms with Crippen LogP contribution < -0.4 is 3.07 Å². The van der Waals surface area contributed by atoms with Gasteiger partial charge < -0.3 is 0 Å². The third-order valence-electron chi connectivity index (χ3n) is 5.65. The number of carbonyl (C=O) groups excluding carboxylic acids is 1. The third-order valence-corrected chi connectivity index (χ3v) is 27.9. The Morgan fingerprint density at radius 2 is 1.96 bits per heavy atom. The van der Waals surface area contributed by atoms with Gasteiger partial charge >= 0.3 is 184 Å². The number of hydrogen-bond acceptors (Lipinski definition) is 4. The molecule has 2 rings (SSSR count). The van der Waals surface area contributed by atoms with Crippen LogP contribution in [0.15, 0.2) is 24.5 Å². The Bertz CT molecular complexity index is 541. The number of nitrogens with zero attached hydrogens (tertiary/aromatic N) is 2. The van der Waals surface area contributed by atoms with E-state index in [1.807, 2.05) is 6.20 Å². The van der Waals surface area contributed by atoms with E-state index < -0.39 is 43.4 Å². The summed E-state index contributed by atoms with van der Waals surface area (Å²) in [5.74, 6) is 0.0832. The van der Waals surface area contributed by atoms with E-state index in [2.05, 4.69) is 49.0 Å². The normalized spacial score (nSPS) is 18.1. The Labute approximate surface area is 182 Å². The van der Waals surface area contributed by atoms with Gasteiger partial charge in [0, 0.05) is 0 Å². The fraction of sp³-hybridized carbons (Fsp3) is 0.714. The Balaban J connectivity index is 1.89. The summed E-state index contributed by atoms with van der Waals surface area (Å²) in [7, 11) is 0. The van der Waals surface area contributed by atoms with Gasteiger partial charge in [-0.3, -0.25) is 0 Å². The van der Waals surface area contributed by atoms with E-state index >= 15 is 0 Å². The van der Waals surface area contributed by atoms with Crippen LogP contribution in [0.3, 0.4) is 0 Å².